The van der Waals surface area contributed by atoms with Crippen LogP contribution in [0.15, 0.2) is 36.4 Å². The van der Waals surface area contributed by atoms with Crippen molar-refractivity contribution in [1.29, 1.82) is 0 Å². The molecule has 0 aliphatic heterocycles. The number of nitrogen functional groups attached to an aromatic ring is 1. The van der Waals surface area contributed by atoms with Crippen LogP contribution in [0.3, 0.4) is 0 Å². The number of benzene rings is 2. The molecule has 2 aromatic rings. The van der Waals surface area contributed by atoms with E-state index >= 15 is 0 Å². The molecule has 21 heavy (non-hydrogen) atoms. The Hall–Kier alpha value is -2.40. The molecule has 0 aliphatic carbocycles. The van der Waals surface area contributed by atoms with Gasteiger partial charge in [-0.1, -0.05) is 11.6 Å². The molecule has 5 nitrogen and oxygen atoms in total. The van der Waals surface area contributed by atoms with Crippen molar-refractivity contribution >= 4 is 34.6 Å². The normalized spacial score (nSPS) is 10.2. The van der Waals surface area contributed by atoms with Gasteiger partial charge in [0.05, 0.1) is 23.4 Å². The summed E-state index contributed by atoms with van der Waals surface area (Å²) in [4.78, 5) is 13.4. The first-order valence-electron chi connectivity index (χ1n) is 6.20. The Labute approximate surface area is 128 Å². The maximum Gasteiger partial charge on any atom is 0.250 e. The van der Waals surface area contributed by atoms with E-state index in [9.17, 15) is 4.79 Å². The van der Waals surface area contributed by atoms with E-state index < -0.39 is 5.91 Å². The lowest BCUT2D eigenvalue weighted by Crippen LogP contribution is -2.19. The monoisotopic (exact) mass is 305 g/mol. The first-order chi connectivity index (χ1) is 9.93. The molecule has 0 radical (unpaired) electrons. The molecule has 0 spiro atoms. The van der Waals surface area contributed by atoms with Gasteiger partial charge in [0.2, 0.25) is 0 Å². The zero-order chi connectivity index (χ0) is 15.6. The third kappa shape index (κ3) is 3.03. The molecular formula is C15H16ClN3O2. The first kappa shape index (κ1) is 15.0. The average Bonchev–Trinajstić information content (AvgIpc) is 2.46. The van der Waals surface area contributed by atoms with Crippen molar-refractivity contribution in [2.24, 2.45) is 5.73 Å². The number of ether oxygens (including phenoxy) is 1. The lowest BCUT2D eigenvalue weighted by molar-refractivity contribution is 0.100. The van der Waals surface area contributed by atoms with Gasteiger partial charge in [-0.3, -0.25) is 4.79 Å². The van der Waals surface area contributed by atoms with Gasteiger partial charge in [-0.05, 0) is 36.4 Å². The SMILES string of the molecule is COc1ccc(N(C)c2c(Cl)cc(N)cc2C(N)=O)cc1. The minimum atomic E-state index is -0.584. The van der Waals surface area contributed by atoms with E-state index in [1.165, 1.54) is 6.07 Å². The number of anilines is 3. The number of carbonyl (C=O) groups excluding carboxylic acids is 1. The molecule has 2 aromatic carbocycles. The minimum absolute atomic E-state index is 0.276. The van der Waals surface area contributed by atoms with Crippen LogP contribution in [0.1, 0.15) is 10.4 Å². The Morgan fingerprint density at radius 1 is 1.24 bits per heavy atom. The van der Waals surface area contributed by atoms with E-state index in [0.29, 0.717) is 16.4 Å². The molecule has 0 aromatic heterocycles. The molecule has 4 N–H and O–H groups in total. The summed E-state index contributed by atoms with van der Waals surface area (Å²) in [6.45, 7) is 0. The van der Waals surface area contributed by atoms with Gasteiger partial charge in [0.1, 0.15) is 5.75 Å². The number of hydrogen-bond acceptors (Lipinski definition) is 4. The van der Waals surface area contributed by atoms with Crippen molar-refractivity contribution in [3.8, 4) is 5.75 Å². The van der Waals surface area contributed by atoms with Crippen LogP contribution >= 0.6 is 11.6 Å². The Morgan fingerprint density at radius 2 is 1.86 bits per heavy atom. The highest BCUT2D eigenvalue weighted by molar-refractivity contribution is 6.34. The highest BCUT2D eigenvalue weighted by Gasteiger charge is 2.18. The van der Waals surface area contributed by atoms with Gasteiger partial charge in [-0.15, -0.1) is 0 Å². The van der Waals surface area contributed by atoms with Crippen LogP contribution in [0.5, 0.6) is 5.75 Å². The van der Waals surface area contributed by atoms with E-state index in [1.54, 1.807) is 25.1 Å². The van der Waals surface area contributed by atoms with Crippen LogP contribution in [-0.4, -0.2) is 20.1 Å². The second kappa shape index (κ2) is 5.93. The summed E-state index contributed by atoms with van der Waals surface area (Å²) in [5.74, 6) is 0.158. The fourth-order valence-electron chi connectivity index (χ4n) is 2.08. The van der Waals surface area contributed by atoms with Crippen LogP contribution in [0.4, 0.5) is 17.1 Å². The summed E-state index contributed by atoms with van der Waals surface area (Å²) >= 11 is 6.23. The summed E-state index contributed by atoms with van der Waals surface area (Å²) in [5.41, 5.74) is 13.2. The van der Waals surface area contributed by atoms with E-state index in [0.717, 1.165) is 11.4 Å². The number of rotatable bonds is 4. The summed E-state index contributed by atoms with van der Waals surface area (Å²) in [7, 11) is 3.40. The number of methoxy groups -OCH3 is 1. The largest absolute Gasteiger partial charge is 0.497 e. The predicted octanol–water partition coefficient (Wildman–Crippen LogP) is 2.80. The molecule has 110 valence electrons. The molecule has 0 aliphatic rings. The van der Waals surface area contributed by atoms with Gasteiger partial charge in [-0.25, -0.2) is 0 Å². The third-order valence-electron chi connectivity index (χ3n) is 3.15. The fraction of sp³-hybridized carbons (Fsp3) is 0.133. The van der Waals surface area contributed by atoms with Crippen molar-refractivity contribution in [3.05, 3.63) is 47.0 Å². The second-order valence-corrected chi connectivity index (χ2v) is 4.93. The molecule has 1 amide bonds. The zero-order valence-electron chi connectivity index (χ0n) is 11.8. The molecule has 0 atom stereocenters. The smallest absolute Gasteiger partial charge is 0.250 e. The Bertz CT molecular complexity index is 671. The lowest BCUT2D eigenvalue weighted by atomic mass is 10.1. The number of hydrogen-bond donors (Lipinski definition) is 2. The number of carbonyl (C=O) groups is 1. The highest BCUT2D eigenvalue weighted by atomic mass is 35.5. The van der Waals surface area contributed by atoms with E-state index in [1.807, 2.05) is 24.3 Å². The number of amides is 1. The summed E-state index contributed by atoms with van der Waals surface area (Å²) in [5, 5.41) is 0.363. The fourth-order valence-corrected chi connectivity index (χ4v) is 2.44. The molecule has 0 heterocycles. The van der Waals surface area contributed by atoms with Crippen LogP contribution in [0.2, 0.25) is 5.02 Å². The van der Waals surface area contributed by atoms with Crippen molar-refractivity contribution in [3.63, 3.8) is 0 Å². The molecular weight excluding hydrogens is 290 g/mol. The van der Waals surface area contributed by atoms with Crippen LogP contribution in [0, 0.1) is 0 Å². The van der Waals surface area contributed by atoms with Gasteiger partial charge < -0.3 is 21.1 Å². The molecule has 0 unspecified atom stereocenters. The topological polar surface area (TPSA) is 81.6 Å². The number of nitrogens with two attached hydrogens (primary N) is 2. The van der Waals surface area contributed by atoms with E-state index in [4.69, 9.17) is 27.8 Å². The van der Waals surface area contributed by atoms with Gasteiger partial charge in [0.25, 0.3) is 5.91 Å². The second-order valence-electron chi connectivity index (χ2n) is 4.52. The van der Waals surface area contributed by atoms with Gasteiger partial charge >= 0.3 is 0 Å². The molecule has 0 saturated carbocycles. The zero-order valence-corrected chi connectivity index (χ0v) is 12.5. The van der Waals surface area contributed by atoms with E-state index in [2.05, 4.69) is 0 Å². The number of primary amides is 1. The van der Waals surface area contributed by atoms with Gasteiger partial charge in [0, 0.05) is 18.4 Å². The Kier molecular flexibility index (Phi) is 4.23. The van der Waals surface area contributed by atoms with Crippen LogP contribution in [-0.2, 0) is 0 Å². The van der Waals surface area contributed by atoms with Crippen molar-refractivity contribution in [1.82, 2.24) is 0 Å². The highest BCUT2D eigenvalue weighted by Crippen LogP contribution is 2.36. The number of nitrogens with zero attached hydrogens (tertiary/aromatic N) is 1. The molecule has 0 bridgehead atoms. The quantitative estimate of drug-likeness (QED) is 0.851. The Morgan fingerprint density at radius 3 is 2.38 bits per heavy atom. The molecule has 0 saturated heterocycles. The predicted molar refractivity (Wildman–Crippen MR) is 85.4 cm³/mol. The lowest BCUT2D eigenvalue weighted by Gasteiger charge is -2.23. The van der Waals surface area contributed by atoms with Gasteiger partial charge in [0.15, 0.2) is 0 Å². The van der Waals surface area contributed by atoms with Crippen molar-refractivity contribution < 1.29 is 9.53 Å². The average molecular weight is 306 g/mol. The summed E-state index contributed by atoms with van der Waals surface area (Å²) < 4.78 is 5.12. The molecule has 6 heteroatoms. The summed E-state index contributed by atoms with van der Waals surface area (Å²) in [6.07, 6.45) is 0. The number of halogens is 1. The maximum absolute atomic E-state index is 11.6. The minimum Gasteiger partial charge on any atom is -0.497 e. The first-order valence-corrected chi connectivity index (χ1v) is 6.58. The van der Waals surface area contributed by atoms with Crippen molar-refractivity contribution in [2.75, 3.05) is 24.8 Å². The molecule has 0 fully saturated rings. The van der Waals surface area contributed by atoms with E-state index in [-0.39, 0.29) is 5.56 Å². The van der Waals surface area contributed by atoms with Crippen LogP contribution in [0.25, 0.3) is 0 Å². The Balaban J connectivity index is 2.51. The third-order valence-corrected chi connectivity index (χ3v) is 3.43. The van der Waals surface area contributed by atoms with Crippen molar-refractivity contribution in [2.45, 2.75) is 0 Å². The molecule has 2 rings (SSSR count). The summed E-state index contributed by atoms with van der Waals surface area (Å²) in [6, 6.07) is 10.5. The van der Waals surface area contributed by atoms with Gasteiger partial charge in [-0.2, -0.15) is 0 Å². The standard InChI is InChI=1S/C15H16ClN3O2/c1-19(10-3-5-11(21-2)6-4-10)14-12(15(18)20)7-9(17)8-13(14)16/h3-8H,17H2,1-2H3,(H2,18,20). The van der Waals surface area contributed by atoms with Crippen LogP contribution < -0.4 is 21.1 Å². The maximum atomic E-state index is 11.6.